The van der Waals surface area contributed by atoms with Crippen molar-refractivity contribution < 1.29 is 4.92 Å². The number of hydrogen-bond acceptors (Lipinski definition) is 9. The maximum absolute atomic E-state index is 11.2. The van der Waals surface area contributed by atoms with Crippen LogP contribution < -0.4 is 15.2 Å². The summed E-state index contributed by atoms with van der Waals surface area (Å²) in [7, 11) is 0. The maximum Gasteiger partial charge on any atom is 0.278 e. The first-order chi connectivity index (χ1) is 15.7. The van der Waals surface area contributed by atoms with Crippen molar-refractivity contribution in [3.8, 4) is 0 Å². The van der Waals surface area contributed by atoms with E-state index in [1.807, 2.05) is 0 Å². The van der Waals surface area contributed by atoms with Gasteiger partial charge in [-0.1, -0.05) is 37.8 Å². The highest BCUT2D eigenvalue weighted by molar-refractivity contribution is 5.85. The van der Waals surface area contributed by atoms with E-state index in [9.17, 15) is 10.1 Å². The molecule has 0 radical (unpaired) electrons. The van der Waals surface area contributed by atoms with E-state index in [0.717, 1.165) is 51.9 Å². The monoisotopic (exact) mass is 438 g/mol. The van der Waals surface area contributed by atoms with Gasteiger partial charge in [0.2, 0.25) is 17.8 Å². The van der Waals surface area contributed by atoms with Gasteiger partial charge in [0.1, 0.15) is 0 Å². The molecule has 2 saturated heterocycles. The van der Waals surface area contributed by atoms with Gasteiger partial charge in [-0.15, -0.1) is 0 Å². The smallest absolute Gasteiger partial charge is 0.278 e. The summed E-state index contributed by atoms with van der Waals surface area (Å²) in [5.41, 5.74) is 3.30. The van der Waals surface area contributed by atoms with E-state index in [1.165, 1.54) is 38.0 Å². The Bertz CT molecular complexity index is 897. The summed E-state index contributed by atoms with van der Waals surface area (Å²) in [6.07, 6.45) is 10.9. The van der Waals surface area contributed by atoms with Crippen LogP contribution in [0.5, 0.6) is 0 Å². The second-order valence-corrected chi connectivity index (χ2v) is 8.25. The van der Waals surface area contributed by atoms with Crippen LogP contribution in [0.1, 0.15) is 56.9 Å². The summed E-state index contributed by atoms with van der Waals surface area (Å²) >= 11 is 0. The van der Waals surface area contributed by atoms with Gasteiger partial charge in [-0.2, -0.15) is 20.1 Å². The average Bonchev–Trinajstić information content (AvgIpc) is 3.25. The van der Waals surface area contributed by atoms with Crippen LogP contribution in [0, 0.1) is 10.1 Å². The van der Waals surface area contributed by atoms with Crippen LogP contribution in [0.4, 0.5) is 23.5 Å². The van der Waals surface area contributed by atoms with E-state index >= 15 is 0 Å². The molecule has 2 fully saturated rings. The lowest BCUT2D eigenvalue weighted by molar-refractivity contribution is -0.385. The summed E-state index contributed by atoms with van der Waals surface area (Å²) in [5.74, 6) is 1.70. The average molecular weight is 439 g/mol. The Morgan fingerprint density at radius 2 is 1.38 bits per heavy atom. The zero-order valence-electron chi connectivity index (χ0n) is 18.3. The molecule has 0 aliphatic carbocycles. The van der Waals surface area contributed by atoms with Gasteiger partial charge in [-0.3, -0.25) is 10.1 Å². The Morgan fingerprint density at radius 1 is 0.844 bits per heavy atom. The van der Waals surface area contributed by atoms with Crippen LogP contribution >= 0.6 is 0 Å². The third-order valence-electron chi connectivity index (χ3n) is 5.89. The molecule has 2 aromatic rings. The van der Waals surface area contributed by atoms with E-state index < -0.39 is 4.92 Å². The quantitative estimate of drug-likeness (QED) is 0.409. The fourth-order valence-corrected chi connectivity index (χ4v) is 4.15. The molecule has 0 saturated carbocycles. The van der Waals surface area contributed by atoms with Crippen molar-refractivity contribution in [2.45, 2.75) is 51.4 Å². The van der Waals surface area contributed by atoms with Crippen molar-refractivity contribution in [3.05, 3.63) is 39.9 Å². The highest BCUT2D eigenvalue weighted by Gasteiger charge is 2.19. The summed E-state index contributed by atoms with van der Waals surface area (Å²) in [5, 5.41) is 15.4. The molecule has 0 bridgehead atoms. The third kappa shape index (κ3) is 5.68. The summed E-state index contributed by atoms with van der Waals surface area (Å²) in [4.78, 5) is 29.3. The second kappa shape index (κ2) is 10.8. The molecule has 3 heterocycles. The number of nitrogens with one attached hydrogen (secondary N) is 1. The Balaban J connectivity index is 1.59. The lowest BCUT2D eigenvalue weighted by atomic mass is 10.2. The lowest BCUT2D eigenvalue weighted by Crippen LogP contribution is -2.30. The molecule has 1 N–H and O–H groups in total. The summed E-state index contributed by atoms with van der Waals surface area (Å²) in [6.45, 7) is 3.73. The molecule has 170 valence electrons. The number of para-hydroxylation sites is 1. The van der Waals surface area contributed by atoms with Crippen LogP contribution in [0.15, 0.2) is 29.4 Å². The molecule has 4 rings (SSSR count). The predicted molar refractivity (Wildman–Crippen MR) is 126 cm³/mol. The van der Waals surface area contributed by atoms with Crippen LogP contribution in [-0.2, 0) is 0 Å². The highest BCUT2D eigenvalue weighted by Crippen LogP contribution is 2.22. The maximum atomic E-state index is 11.2. The second-order valence-electron chi connectivity index (χ2n) is 8.25. The van der Waals surface area contributed by atoms with Gasteiger partial charge in [0.15, 0.2) is 0 Å². The SMILES string of the molecule is O=[N+]([O-])c1ccccc1C=NNc1nc(N2CCCCCC2)nc(N2CCCCCC2)n1. The van der Waals surface area contributed by atoms with Gasteiger partial charge in [0, 0.05) is 32.2 Å². The molecule has 0 amide bonds. The van der Waals surface area contributed by atoms with E-state index in [1.54, 1.807) is 18.2 Å². The zero-order chi connectivity index (χ0) is 22.2. The molecule has 10 nitrogen and oxygen atoms in total. The molecule has 1 aromatic carbocycles. The summed E-state index contributed by atoms with van der Waals surface area (Å²) < 4.78 is 0. The number of anilines is 3. The van der Waals surface area contributed by atoms with Gasteiger partial charge in [-0.25, -0.2) is 5.43 Å². The minimum absolute atomic E-state index is 0.00390. The third-order valence-corrected chi connectivity index (χ3v) is 5.89. The normalized spacial score (nSPS) is 17.8. The minimum atomic E-state index is -0.417. The van der Waals surface area contributed by atoms with Crippen molar-refractivity contribution in [2.24, 2.45) is 5.10 Å². The highest BCUT2D eigenvalue weighted by atomic mass is 16.6. The molecule has 0 unspecified atom stereocenters. The molecular formula is C22H30N8O2. The fourth-order valence-electron chi connectivity index (χ4n) is 4.15. The number of nitrogens with zero attached hydrogens (tertiary/aromatic N) is 7. The largest absolute Gasteiger partial charge is 0.341 e. The first kappa shape index (κ1) is 21.9. The Morgan fingerprint density at radius 3 is 1.91 bits per heavy atom. The molecule has 0 atom stereocenters. The Hall–Kier alpha value is -3.30. The van der Waals surface area contributed by atoms with Crippen LogP contribution in [-0.4, -0.2) is 52.3 Å². The number of benzene rings is 1. The Labute approximate surface area is 187 Å². The minimum Gasteiger partial charge on any atom is -0.341 e. The lowest BCUT2D eigenvalue weighted by Gasteiger charge is -2.24. The van der Waals surface area contributed by atoms with Crippen molar-refractivity contribution in [3.63, 3.8) is 0 Å². The number of rotatable bonds is 6. The predicted octanol–water partition coefficient (Wildman–Crippen LogP) is 3.99. The first-order valence-electron chi connectivity index (χ1n) is 11.5. The number of nitro groups is 1. The molecule has 32 heavy (non-hydrogen) atoms. The van der Waals surface area contributed by atoms with Gasteiger partial charge in [-0.05, 0) is 31.7 Å². The molecule has 2 aliphatic rings. The van der Waals surface area contributed by atoms with E-state index in [0.29, 0.717) is 23.4 Å². The van der Waals surface area contributed by atoms with Gasteiger partial charge < -0.3 is 9.80 Å². The number of hydrazone groups is 1. The van der Waals surface area contributed by atoms with Crippen LogP contribution in [0.3, 0.4) is 0 Å². The topological polar surface area (TPSA) is 113 Å². The van der Waals surface area contributed by atoms with E-state index in [-0.39, 0.29) is 5.69 Å². The zero-order valence-corrected chi connectivity index (χ0v) is 18.3. The Kier molecular flexibility index (Phi) is 7.42. The van der Waals surface area contributed by atoms with Crippen LogP contribution in [0.2, 0.25) is 0 Å². The van der Waals surface area contributed by atoms with Crippen LogP contribution in [0.25, 0.3) is 0 Å². The molecule has 1 aromatic heterocycles. The van der Waals surface area contributed by atoms with E-state index in [2.05, 4.69) is 30.3 Å². The molecule has 10 heteroatoms. The number of hydrogen-bond donors (Lipinski definition) is 1. The van der Waals surface area contributed by atoms with Gasteiger partial charge >= 0.3 is 0 Å². The first-order valence-corrected chi connectivity index (χ1v) is 11.5. The number of aromatic nitrogens is 3. The van der Waals surface area contributed by atoms with Crippen molar-refractivity contribution >= 4 is 29.7 Å². The van der Waals surface area contributed by atoms with Crippen molar-refractivity contribution in [2.75, 3.05) is 41.4 Å². The van der Waals surface area contributed by atoms with Gasteiger partial charge in [0.25, 0.3) is 5.69 Å². The standard InChI is InChI=1S/C22H30N8O2/c31-30(32)19-12-6-5-11-18(19)17-23-27-20-24-21(28-13-7-1-2-8-14-28)26-22(25-20)29-15-9-3-4-10-16-29/h5-6,11-12,17H,1-4,7-10,13-16H2,(H,24,25,26,27). The van der Waals surface area contributed by atoms with Gasteiger partial charge in [0.05, 0.1) is 16.7 Å². The molecule has 2 aliphatic heterocycles. The van der Waals surface area contributed by atoms with Crippen molar-refractivity contribution in [1.82, 2.24) is 15.0 Å². The fraction of sp³-hybridized carbons (Fsp3) is 0.545. The molecule has 0 spiro atoms. The molecular weight excluding hydrogens is 408 g/mol. The van der Waals surface area contributed by atoms with Crippen molar-refractivity contribution in [1.29, 1.82) is 0 Å². The summed E-state index contributed by atoms with van der Waals surface area (Å²) in [6, 6.07) is 6.49. The number of nitro benzene ring substituents is 1. The van der Waals surface area contributed by atoms with E-state index in [4.69, 9.17) is 4.98 Å².